The van der Waals surface area contributed by atoms with Crippen molar-refractivity contribution in [2.45, 2.75) is 6.92 Å². The predicted octanol–water partition coefficient (Wildman–Crippen LogP) is 3.84. The van der Waals surface area contributed by atoms with Gasteiger partial charge in [-0.25, -0.2) is 4.79 Å². The van der Waals surface area contributed by atoms with Crippen LogP contribution in [-0.4, -0.2) is 24.2 Å². The third-order valence-corrected chi connectivity index (χ3v) is 3.36. The predicted molar refractivity (Wildman–Crippen MR) is 83.6 cm³/mol. The van der Waals surface area contributed by atoms with E-state index in [0.29, 0.717) is 18.9 Å². The summed E-state index contributed by atoms with van der Waals surface area (Å²) in [6.07, 6.45) is 0. The normalized spacial score (nSPS) is 10.2. The minimum atomic E-state index is -0.965. The molecule has 0 unspecified atom stereocenters. The summed E-state index contributed by atoms with van der Waals surface area (Å²) in [5.74, 6) is -0.425. The number of benzene rings is 2. The summed E-state index contributed by atoms with van der Waals surface area (Å²) in [6, 6.07) is 12.2. The Hall–Kier alpha value is -2.20. The number of halogens is 1. The Labute approximate surface area is 128 Å². The van der Waals surface area contributed by atoms with Crippen molar-refractivity contribution in [2.75, 3.05) is 18.5 Å². The van der Waals surface area contributed by atoms with E-state index in [2.05, 4.69) is 5.32 Å². The molecule has 0 saturated heterocycles. The average molecular weight is 306 g/mol. The number of hydrogen-bond donors (Lipinski definition) is 2. The molecule has 0 heterocycles. The van der Waals surface area contributed by atoms with Crippen molar-refractivity contribution in [1.29, 1.82) is 0 Å². The van der Waals surface area contributed by atoms with Crippen molar-refractivity contribution in [3.05, 3.63) is 58.6 Å². The molecule has 0 aliphatic rings. The first-order chi connectivity index (χ1) is 10.1. The molecule has 0 atom stereocenters. The number of anilines is 1. The number of carboxylic acid groups (broad SMARTS) is 1. The molecule has 0 aliphatic carbocycles. The number of ether oxygens (including phenoxy) is 1. The van der Waals surface area contributed by atoms with Gasteiger partial charge in [-0.1, -0.05) is 23.7 Å². The third kappa shape index (κ3) is 4.39. The molecule has 0 fully saturated rings. The van der Waals surface area contributed by atoms with E-state index in [1.54, 1.807) is 12.1 Å². The van der Waals surface area contributed by atoms with Crippen LogP contribution in [-0.2, 0) is 0 Å². The first-order valence-corrected chi connectivity index (χ1v) is 6.90. The molecule has 0 aliphatic heterocycles. The van der Waals surface area contributed by atoms with Crippen LogP contribution < -0.4 is 10.1 Å². The van der Waals surface area contributed by atoms with Crippen LogP contribution in [0.2, 0.25) is 5.02 Å². The molecule has 0 amide bonds. The van der Waals surface area contributed by atoms with Gasteiger partial charge in [0.2, 0.25) is 0 Å². The smallest absolute Gasteiger partial charge is 0.335 e. The first kappa shape index (κ1) is 15.2. The Bertz CT molecular complexity index is 643. The second-order valence-corrected chi connectivity index (χ2v) is 4.98. The molecule has 2 aromatic rings. The van der Waals surface area contributed by atoms with Crippen LogP contribution in [0.4, 0.5) is 5.69 Å². The Morgan fingerprint density at radius 2 is 2.10 bits per heavy atom. The van der Waals surface area contributed by atoms with Crippen LogP contribution in [0.25, 0.3) is 0 Å². The van der Waals surface area contributed by atoms with E-state index in [-0.39, 0.29) is 5.56 Å². The third-order valence-electron chi connectivity index (χ3n) is 2.95. The summed E-state index contributed by atoms with van der Waals surface area (Å²) >= 11 is 6.04. The monoisotopic (exact) mass is 305 g/mol. The lowest BCUT2D eigenvalue weighted by Crippen LogP contribution is -2.11. The highest BCUT2D eigenvalue weighted by Crippen LogP contribution is 2.19. The zero-order valence-electron chi connectivity index (χ0n) is 11.6. The molecule has 0 aromatic heterocycles. The highest BCUT2D eigenvalue weighted by molar-refractivity contribution is 6.31. The molecule has 0 saturated carbocycles. The van der Waals surface area contributed by atoms with Crippen LogP contribution in [0.3, 0.4) is 0 Å². The highest BCUT2D eigenvalue weighted by atomic mass is 35.5. The fourth-order valence-electron chi connectivity index (χ4n) is 1.79. The number of carbonyl (C=O) groups is 1. The van der Waals surface area contributed by atoms with Crippen molar-refractivity contribution in [3.63, 3.8) is 0 Å². The number of nitrogens with one attached hydrogen (secondary N) is 1. The van der Waals surface area contributed by atoms with E-state index in [0.717, 1.165) is 16.3 Å². The lowest BCUT2D eigenvalue weighted by Gasteiger charge is -2.10. The van der Waals surface area contributed by atoms with Gasteiger partial charge in [0, 0.05) is 17.3 Å². The zero-order chi connectivity index (χ0) is 15.2. The SMILES string of the molecule is Cc1ccc(NCCOc2cccc(C(=O)O)c2)cc1Cl. The van der Waals surface area contributed by atoms with Crippen LogP contribution in [0.5, 0.6) is 5.75 Å². The van der Waals surface area contributed by atoms with E-state index in [9.17, 15) is 4.79 Å². The van der Waals surface area contributed by atoms with Crippen molar-refractivity contribution in [3.8, 4) is 5.75 Å². The van der Waals surface area contributed by atoms with Crippen LogP contribution in [0.1, 0.15) is 15.9 Å². The van der Waals surface area contributed by atoms with Gasteiger partial charge in [-0.05, 0) is 42.8 Å². The Morgan fingerprint density at radius 1 is 1.29 bits per heavy atom. The Morgan fingerprint density at radius 3 is 2.81 bits per heavy atom. The molecule has 2 rings (SSSR count). The largest absolute Gasteiger partial charge is 0.492 e. The van der Waals surface area contributed by atoms with Crippen molar-refractivity contribution < 1.29 is 14.6 Å². The van der Waals surface area contributed by atoms with Crippen molar-refractivity contribution in [1.82, 2.24) is 0 Å². The zero-order valence-corrected chi connectivity index (χ0v) is 12.4. The molecule has 0 radical (unpaired) electrons. The quantitative estimate of drug-likeness (QED) is 0.796. The second kappa shape index (κ2) is 6.99. The van der Waals surface area contributed by atoms with E-state index >= 15 is 0 Å². The number of carboxylic acids is 1. The molecule has 4 nitrogen and oxygen atoms in total. The van der Waals surface area contributed by atoms with E-state index in [4.69, 9.17) is 21.4 Å². The van der Waals surface area contributed by atoms with E-state index < -0.39 is 5.97 Å². The molecule has 110 valence electrons. The summed E-state index contributed by atoms with van der Waals surface area (Å²) in [7, 11) is 0. The van der Waals surface area contributed by atoms with Crippen molar-refractivity contribution >= 4 is 23.3 Å². The summed E-state index contributed by atoms with van der Waals surface area (Å²) in [4.78, 5) is 10.8. The molecular weight excluding hydrogens is 290 g/mol. The van der Waals surface area contributed by atoms with Crippen molar-refractivity contribution in [2.24, 2.45) is 0 Å². The summed E-state index contributed by atoms with van der Waals surface area (Å²) in [5.41, 5.74) is 2.17. The van der Waals surface area contributed by atoms with Gasteiger partial charge < -0.3 is 15.2 Å². The maximum absolute atomic E-state index is 10.8. The van der Waals surface area contributed by atoms with Crippen LogP contribution in [0.15, 0.2) is 42.5 Å². The fraction of sp³-hybridized carbons (Fsp3) is 0.188. The lowest BCUT2D eigenvalue weighted by atomic mass is 10.2. The molecule has 0 bridgehead atoms. The number of rotatable bonds is 6. The molecule has 21 heavy (non-hydrogen) atoms. The first-order valence-electron chi connectivity index (χ1n) is 6.52. The molecule has 0 spiro atoms. The average Bonchev–Trinajstić information content (AvgIpc) is 2.47. The standard InChI is InChI=1S/C16H16ClNO3/c1-11-5-6-13(10-15(11)17)18-7-8-21-14-4-2-3-12(9-14)16(19)20/h2-6,9-10,18H,7-8H2,1H3,(H,19,20). The molecular formula is C16H16ClNO3. The Kier molecular flexibility index (Phi) is 5.06. The van der Waals surface area contributed by atoms with Crippen LogP contribution >= 0.6 is 11.6 Å². The fourth-order valence-corrected chi connectivity index (χ4v) is 1.97. The van der Waals surface area contributed by atoms with Gasteiger partial charge in [0.1, 0.15) is 12.4 Å². The summed E-state index contributed by atoms with van der Waals surface area (Å²) in [5, 5.41) is 12.8. The Balaban J connectivity index is 1.83. The topological polar surface area (TPSA) is 58.6 Å². The number of aromatic carboxylic acids is 1. The van der Waals surface area contributed by atoms with Gasteiger partial charge in [0.25, 0.3) is 0 Å². The minimum Gasteiger partial charge on any atom is -0.492 e. The molecule has 2 aromatic carbocycles. The molecule has 5 heteroatoms. The lowest BCUT2D eigenvalue weighted by molar-refractivity contribution is 0.0696. The minimum absolute atomic E-state index is 0.214. The number of aryl methyl sites for hydroxylation is 1. The van der Waals surface area contributed by atoms with Gasteiger partial charge in [-0.15, -0.1) is 0 Å². The highest BCUT2D eigenvalue weighted by Gasteiger charge is 2.03. The van der Waals surface area contributed by atoms with Gasteiger partial charge in [0.05, 0.1) is 5.56 Å². The second-order valence-electron chi connectivity index (χ2n) is 4.57. The van der Waals surface area contributed by atoms with Gasteiger partial charge in [-0.2, -0.15) is 0 Å². The maximum Gasteiger partial charge on any atom is 0.335 e. The molecule has 2 N–H and O–H groups in total. The number of hydrogen-bond acceptors (Lipinski definition) is 3. The van der Waals surface area contributed by atoms with Gasteiger partial charge in [-0.3, -0.25) is 0 Å². The van der Waals surface area contributed by atoms with E-state index in [1.807, 2.05) is 25.1 Å². The van der Waals surface area contributed by atoms with E-state index in [1.165, 1.54) is 12.1 Å². The van der Waals surface area contributed by atoms with Crippen LogP contribution in [0, 0.1) is 6.92 Å². The van der Waals surface area contributed by atoms with Gasteiger partial charge in [0.15, 0.2) is 0 Å². The summed E-state index contributed by atoms with van der Waals surface area (Å²) in [6.45, 7) is 2.97. The maximum atomic E-state index is 10.8. The summed E-state index contributed by atoms with van der Waals surface area (Å²) < 4.78 is 5.51. The van der Waals surface area contributed by atoms with Gasteiger partial charge >= 0.3 is 5.97 Å².